The first-order valence-corrected chi connectivity index (χ1v) is 10.6. The summed E-state index contributed by atoms with van der Waals surface area (Å²) < 4.78 is 41.2. The Morgan fingerprint density at radius 2 is 2.07 bits per heavy atom. The molecule has 4 rings (SSSR count). The zero-order valence-corrected chi connectivity index (χ0v) is 17.2. The zero-order valence-electron chi connectivity index (χ0n) is 16.4. The maximum Gasteiger partial charge on any atom is 0.280 e. The second-order valence-corrected chi connectivity index (χ2v) is 8.92. The molecule has 2 aliphatic rings. The fourth-order valence-electron chi connectivity index (χ4n) is 3.53. The Bertz CT molecular complexity index is 1050. The van der Waals surface area contributed by atoms with Gasteiger partial charge in [0.1, 0.15) is 6.04 Å². The Labute approximate surface area is 169 Å². The molecule has 3 heterocycles. The van der Waals surface area contributed by atoms with Gasteiger partial charge in [-0.1, -0.05) is 6.07 Å². The zero-order chi connectivity index (χ0) is 20.8. The maximum absolute atomic E-state index is 12.8. The summed E-state index contributed by atoms with van der Waals surface area (Å²) in [6.07, 6.45) is 1.94. The summed E-state index contributed by atoms with van der Waals surface area (Å²) in [6, 6.07) is 4.06. The van der Waals surface area contributed by atoms with E-state index < -0.39 is 22.3 Å². The number of carbonyl (C=O) groups excluding carboxylic acids is 1. The van der Waals surface area contributed by atoms with E-state index in [0.717, 1.165) is 21.1 Å². The van der Waals surface area contributed by atoms with Crippen LogP contribution in [-0.2, 0) is 28.6 Å². The lowest BCUT2D eigenvalue weighted by molar-refractivity contribution is -0.125. The molecule has 1 aromatic heterocycles. The Balaban J connectivity index is 1.49. The van der Waals surface area contributed by atoms with Crippen LogP contribution in [0.4, 0.5) is 0 Å². The molecule has 0 spiro atoms. The Morgan fingerprint density at radius 1 is 1.31 bits per heavy atom. The minimum absolute atomic E-state index is 0.179. The van der Waals surface area contributed by atoms with Gasteiger partial charge in [-0.15, -0.1) is 0 Å². The van der Waals surface area contributed by atoms with E-state index in [2.05, 4.69) is 15.1 Å². The van der Waals surface area contributed by atoms with Crippen molar-refractivity contribution in [1.29, 1.82) is 0 Å². The first-order chi connectivity index (χ1) is 13.8. The van der Waals surface area contributed by atoms with Crippen LogP contribution in [0.5, 0.6) is 11.5 Å². The third-order valence-corrected chi connectivity index (χ3v) is 7.02. The molecule has 0 saturated carbocycles. The van der Waals surface area contributed by atoms with E-state index in [0.29, 0.717) is 17.9 Å². The Morgan fingerprint density at radius 3 is 2.79 bits per heavy atom. The van der Waals surface area contributed by atoms with Crippen molar-refractivity contribution in [2.24, 2.45) is 7.05 Å². The lowest BCUT2D eigenvalue weighted by Gasteiger charge is -2.36. The van der Waals surface area contributed by atoms with Crippen LogP contribution in [0.25, 0.3) is 0 Å². The number of likely N-dealkylation sites (N-methyl/N-ethyl adjacent to an activating group) is 1. The van der Waals surface area contributed by atoms with E-state index in [4.69, 9.17) is 9.47 Å². The second kappa shape index (κ2) is 7.32. The molecule has 0 aliphatic carbocycles. The van der Waals surface area contributed by atoms with Crippen molar-refractivity contribution in [2.45, 2.75) is 32.0 Å². The topological polar surface area (TPSA) is 115 Å². The monoisotopic (exact) mass is 421 g/mol. The highest BCUT2D eigenvalue weighted by atomic mass is 32.2. The molecular weight excluding hydrogens is 398 g/mol. The Hall–Kier alpha value is -2.63. The van der Waals surface area contributed by atoms with Gasteiger partial charge in [-0.05, 0) is 31.0 Å². The van der Waals surface area contributed by atoms with Gasteiger partial charge in [-0.3, -0.25) is 9.48 Å². The van der Waals surface area contributed by atoms with Crippen molar-refractivity contribution < 1.29 is 22.7 Å². The quantitative estimate of drug-likeness (QED) is 0.736. The number of carbonyl (C=O) groups is 1. The molecule has 11 heteroatoms. The van der Waals surface area contributed by atoms with Crippen molar-refractivity contribution in [3.05, 3.63) is 41.2 Å². The highest BCUT2D eigenvalue weighted by molar-refractivity contribution is 7.87. The van der Waals surface area contributed by atoms with Crippen molar-refractivity contribution in [3.8, 4) is 11.5 Å². The van der Waals surface area contributed by atoms with Crippen molar-refractivity contribution in [1.82, 2.24) is 24.1 Å². The Kier molecular flexibility index (Phi) is 4.97. The molecule has 2 N–H and O–H groups in total. The van der Waals surface area contributed by atoms with E-state index in [1.54, 1.807) is 30.1 Å². The number of rotatable bonds is 4. The number of benzene rings is 1. The minimum atomic E-state index is -3.80. The highest BCUT2D eigenvalue weighted by Gasteiger charge is 2.41. The predicted octanol–water partition coefficient (Wildman–Crippen LogP) is 0.353. The average Bonchev–Trinajstić information content (AvgIpc) is 3.28. The number of nitrogens with zero attached hydrogens (tertiary/aromatic N) is 3. The third kappa shape index (κ3) is 3.68. The van der Waals surface area contributed by atoms with Crippen LogP contribution in [0.15, 0.2) is 24.4 Å². The summed E-state index contributed by atoms with van der Waals surface area (Å²) in [5, 5.41) is 7.01. The van der Waals surface area contributed by atoms with Gasteiger partial charge in [0, 0.05) is 31.9 Å². The molecule has 0 unspecified atom stereocenters. The fourth-order valence-corrected chi connectivity index (χ4v) is 4.79. The summed E-state index contributed by atoms with van der Waals surface area (Å²) in [5.74, 6) is 0.936. The number of fused-ring (bicyclic) bond motifs is 1. The molecule has 156 valence electrons. The molecular formula is C18H23N5O5S. The van der Waals surface area contributed by atoms with Gasteiger partial charge < -0.3 is 14.8 Å². The molecule has 0 bridgehead atoms. The number of hydrogen-bond acceptors (Lipinski definition) is 6. The second-order valence-electron chi connectivity index (χ2n) is 7.16. The lowest BCUT2D eigenvalue weighted by atomic mass is 10.00. The standard InChI is InChI=1S/C18H23N5O5S/c1-11-13(9-20-22(11)2)14-7-15(23(3)29(25,26)21-14)18(24)19-8-12-4-5-16-17(6-12)28-10-27-16/h4-6,9,14-15,21H,7-8,10H2,1-3H3,(H,19,24)/t14-,15-/m0/s1. The number of aromatic nitrogens is 2. The van der Waals surface area contributed by atoms with E-state index in [9.17, 15) is 13.2 Å². The van der Waals surface area contributed by atoms with E-state index in [-0.39, 0.29) is 19.2 Å². The van der Waals surface area contributed by atoms with Gasteiger partial charge >= 0.3 is 0 Å². The molecule has 1 saturated heterocycles. The van der Waals surface area contributed by atoms with Gasteiger partial charge in [0.15, 0.2) is 11.5 Å². The van der Waals surface area contributed by atoms with Crippen LogP contribution in [0.3, 0.4) is 0 Å². The summed E-state index contributed by atoms with van der Waals surface area (Å²) in [7, 11) is -0.611. The number of aryl methyl sites for hydroxylation is 1. The number of ether oxygens (including phenoxy) is 2. The SMILES string of the molecule is Cc1c([C@@H]2C[C@@H](C(=O)NCc3ccc4c(c3)OCO4)N(C)S(=O)(=O)N2)cnn1C. The van der Waals surface area contributed by atoms with Gasteiger partial charge in [0.25, 0.3) is 10.2 Å². The molecule has 1 fully saturated rings. The minimum Gasteiger partial charge on any atom is -0.454 e. The first-order valence-electron chi connectivity index (χ1n) is 9.16. The normalized spacial score (nSPS) is 23.1. The number of nitrogens with one attached hydrogen (secondary N) is 2. The van der Waals surface area contributed by atoms with E-state index >= 15 is 0 Å². The van der Waals surface area contributed by atoms with Crippen LogP contribution in [0.1, 0.15) is 29.3 Å². The lowest BCUT2D eigenvalue weighted by Crippen LogP contribution is -2.57. The van der Waals surface area contributed by atoms with Crippen LogP contribution < -0.4 is 19.5 Å². The molecule has 10 nitrogen and oxygen atoms in total. The highest BCUT2D eigenvalue weighted by Crippen LogP contribution is 2.33. The molecule has 2 aliphatic heterocycles. The third-order valence-electron chi connectivity index (χ3n) is 5.42. The summed E-state index contributed by atoms with van der Waals surface area (Å²) in [4.78, 5) is 12.8. The predicted molar refractivity (Wildman–Crippen MR) is 103 cm³/mol. The molecule has 0 radical (unpaired) electrons. The van der Waals surface area contributed by atoms with Gasteiger partial charge in [0.2, 0.25) is 12.7 Å². The van der Waals surface area contributed by atoms with Gasteiger partial charge in [-0.25, -0.2) is 0 Å². The molecule has 2 aromatic rings. The van der Waals surface area contributed by atoms with Crippen LogP contribution in [0, 0.1) is 6.92 Å². The molecule has 29 heavy (non-hydrogen) atoms. The maximum atomic E-state index is 12.8. The smallest absolute Gasteiger partial charge is 0.280 e. The van der Waals surface area contributed by atoms with Crippen molar-refractivity contribution >= 4 is 16.1 Å². The van der Waals surface area contributed by atoms with E-state index in [1.807, 2.05) is 13.0 Å². The first kappa shape index (κ1) is 19.7. The van der Waals surface area contributed by atoms with Gasteiger partial charge in [-0.2, -0.15) is 22.5 Å². The van der Waals surface area contributed by atoms with Crippen LogP contribution >= 0.6 is 0 Å². The molecule has 1 amide bonds. The summed E-state index contributed by atoms with van der Waals surface area (Å²) >= 11 is 0. The fraction of sp³-hybridized carbons (Fsp3) is 0.444. The van der Waals surface area contributed by atoms with E-state index in [1.165, 1.54) is 7.05 Å². The van der Waals surface area contributed by atoms with Crippen molar-refractivity contribution in [2.75, 3.05) is 13.8 Å². The van der Waals surface area contributed by atoms with Crippen LogP contribution in [0.2, 0.25) is 0 Å². The number of hydrogen-bond donors (Lipinski definition) is 2. The van der Waals surface area contributed by atoms with Gasteiger partial charge in [0.05, 0.1) is 12.2 Å². The summed E-state index contributed by atoms with van der Waals surface area (Å²) in [5.41, 5.74) is 2.45. The average molecular weight is 421 g/mol. The summed E-state index contributed by atoms with van der Waals surface area (Å²) in [6.45, 7) is 2.30. The van der Waals surface area contributed by atoms with Crippen molar-refractivity contribution in [3.63, 3.8) is 0 Å². The number of amides is 1. The molecule has 1 aromatic carbocycles. The molecule has 2 atom stereocenters. The largest absolute Gasteiger partial charge is 0.454 e. The van der Waals surface area contributed by atoms with Crippen LogP contribution in [-0.4, -0.2) is 48.3 Å².